The Bertz CT molecular complexity index is 417. The number of aromatic nitrogens is 2. The fourth-order valence-electron chi connectivity index (χ4n) is 1.50. The molecule has 68 valence electrons. The molecule has 3 nitrogen and oxygen atoms in total. The fraction of sp³-hybridized carbons (Fsp3) is 0.300. The third-order valence-corrected chi connectivity index (χ3v) is 2.11. The first-order valence-electron chi connectivity index (χ1n) is 4.51. The van der Waals surface area contributed by atoms with Crippen molar-refractivity contribution in [1.82, 2.24) is 9.55 Å². The van der Waals surface area contributed by atoms with Gasteiger partial charge in [-0.15, -0.1) is 0 Å². The van der Waals surface area contributed by atoms with Gasteiger partial charge in [-0.1, -0.05) is 6.92 Å². The minimum Gasteiger partial charge on any atom is -0.399 e. The van der Waals surface area contributed by atoms with E-state index in [4.69, 9.17) is 5.73 Å². The van der Waals surface area contributed by atoms with E-state index >= 15 is 0 Å². The minimum absolute atomic E-state index is 0.772. The Balaban J connectivity index is 2.55. The average Bonchev–Trinajstić information content (AvgIpc) is 2.49. The van der Waals surface area contributed by atoms with Crippen molar-refractivity contribution in [2.75, 3.05) is 5.73 Å². The maximum absolute atomic E-state index is 5.66. The highest BCUT2D eigenvalue weighted by Crippen LogP contribution is 2.15. The van der Waals surface area contributed by atoms with Crippen LogP contribution in [0.25, 0.3) is 11.0 Å². The Hall–Kier alpha value is -1.51. The molecule has 1 aromatic carbocycles. The van der Waals surface area contributed by atoms with Gasteiger partial charge >= 0.3 is 0 Å². The molecule has 0 fully saturated rings. The van der Waals surface area contributed by atoms with Crippen LogP contribution < -0.4 is 5.73 Å². The maximum atomic E-state index is 5.66. The Kier molecular flexibility index (Phi) is 1.93. The quantitative estimate of drug-likeness (QED) is 0.710. The molecule has 0 unspecified atom stereocenters. The second-order valence-corrected chi connectivity index (χ2v) is 3.19. The van der Waals surface area contributed by atoms with Crippen LogP contribution in [0.2, 0.25) is 0 Å². The Morgan fingerprint density at radius 1 is 1.46 bits per heavy atom. The molecule has 0 saturated heterocycles. The Morgan fingerprint density at radius 2 is 2.31 bits per heavy atom. The summed E-state index contributed by atoms with van der Waals surface area (Å²) in [7, 11) is 0. The second-order valence-electron chi connectivity index (χ2n) is 3.19. The summed E-state index contributed by atoms with van der Waals surface area (Å²) in [5, 5.41) is 0. The highest BCUT2D eigenvalue weighted by atomic mass is 15.0. The van der Waals surface area contributed by atoms with Crippen molar-refractivity contribution in [1.29, 1.82) is 0 Å². The molecule has 1 heterocycles. The second kappa shape index (κ2) is 3.09. The zero-order valence-corrected chi connectivity index (χ0v) is 7.70. The highest BCUT2D eigenvalue weighted by molar-refractivity contribution is 5.78. The van der Waals surface area contributed by atoms with Gasteiger partial charge in [0.15, 0.2) is 0 Å². The van der Waals surface area contributed by atoms with Crippen molar-refractivity contribution in [2.45, 2.75) is 19.9 Å². The minimum atomic E-state index is 0.772. The molecule has 13 heavy (non-hydrogen) atoms. The van der Waals surface area contributed by atoms with E-state index < -0.39 is 0 Å². The number of nitrogens with two attached hydrogens (primary N) is 1. The number of rotatable bonds is 2. The SMILES string of the molecule is CCCn1cnc2cc(N)ccc21. The van der Waals surface area contributed by atoms with Crippen LogP contribution in [0.4, 0.5) is 5.69 Å². The van der Waals surface area contributed by atoms with Crippen molar-refractivity contribution in [3.63, 3.8) is 0 Å². The average molecular weight is 175 g/mol. The largest absolute Gasteiger partial charge is 0.399 e. The lowest BCUT2D eigenvalue weighted by molar-refractivity contribution is 0.697. The van der Waals surface area contributed by atoms with Gasteiger partial charge in [-0.2, -0.15) is 0 Å². The monoisotopic (exact) mass is 175 g/mol. The molecule has 2 aromatic rings. The summed E-state index contributed by atoms with van der Waals surface area (Å²) in [5.41, 5.74) is 8.57. The number of nitrogens with zero attached hydrogens (tertiary/aromatic N) is 2. The molecule has 0 atom stereocenters. The van der Waals surface area contributed by atoms with Crippen molar-refractivity contribution in [3.05, 3.63) is 24.5 Å². The van der Waals surface area contributed by atoms with E-state index in [1.54, 1.807) is 0 Å². The van der Waals surface area contributed by atoms with Crippen LogP contribution in [0.15, 0.2) is 24.5 Å². The number of anilines is 1. The summed E-state index contributed by atoms with van der Waals surface area (Å²) < 4.78 is 2.15. The van der Waals surface area contributed by atoms with Crippen molar-refractivity contribution >= 4 is 16.7 Å². The zero-order valence-electron chi connectivity index (χ0n) is 7.70. The van der Waals surface area contributed by atoms with Crippen LogP contribution in [0.5, 0.6) is 0 Å². The van der Waals surface area contributed by atoms with Gasteiger partial charge in [0, 0.05) is 12.2 Å². The molecule has 0 radical (unpaired) electrons. The molecule has 0 saturated carbocycles. The van der Waals surface area contributed by atoms with Crippen LogP contribution in [0.1, 0.15) is 13.3 Å². The molecule has 0 aliphatic heterocycles. The smallest absolute Gasteiger partial charge is 0.0958 e. The van der Waals surface area contributed by atoms with E-state index in [2.05, 4.69) is 16.5 Å². The number of nitrogen functional groups attached to an aromatic ring is 1. The lowest BCUT2D eigenvalue weighted by Crippen LogP contribution is -1.93. The third kappa shape index (κ3) is 1.37. The fourth-order valence-corrected chi connectivity index (χ4v) is 1.50. The van der Waals surface area contributed by atoms with Gasteiger partial charge in [0.2, 0.25) is 0 Å². The molecule has 0 spiro atoms. The van der Waals surface area contributed by atoms with Crippen LogP contribution in [-0.4, -0.2) is 9.55 Å². The van der Waals surface area contributed by atoms with E-state index in [1.807, 2.05) is 24.5 Å². The van der Waals surface area contributed by atoms with Crippen LogP contribution in [0, 0.1) is 0 Å². The molecule has 3 heteroatoms. The molecule has 1 aromatic heterocycles. The van der Waals surface area contributed by atoms with Gasteiger partial charge in [-0.3, -0.25) is 0 Å². The first kappa shape index (κ1) is 8.10. The van der Waals surface area contributed by atoms with Gasteiger partial charge < -0.3 is 10.3 Å². The highest BCUT2D eigenvalue weighted by Gasteiger charge is 2.00. The molecule has 0 amide bonds. The molecular formula is C10H13N3. The summed E-state index contributed by atoms with van der Waals surface area (Å²) in [6, 6.07) is 5.84. The van der Waals surface area contributed by atoms with Gasteiger partial charge in [-0.25, -0.2) is 4.98 Å². The lowest BCUT2D eigenvalue weighted by Gasteiger charge is -2.00. The number of benzene rings is 1. The van der Waals surface area contributed by atoms with Crippen LogP contribution in [0.3, 0.4) is 0 Å². The van der Waals surface area contributed by atoms with E-state index in [9.17, 15) is 0 Å². The van der Waals surface area contributed by atoms with Crippen LogP contribution in [-0.2, 0) is 6.54 Å². The summed E-state index contributed by atoms with van der Waals surface area (Å²) in [6.07, 6.45) is 2.99. The van der Waals surface area contributed by atoms with Gasteiger partial charge in [0.05, 0.1) is 17.4 Å². The summed E-state index contributed by atoms with van der Waals surface area (Å²) >= 11 is 0. The zero-order chi connectivity index (χ0) is 9.26. The van der Waals surface area contributed by atoms with Gasteiger partial charge in [-0.05, 0) is 24.6 Å². The van der Waals surface area contributed by atoms with Crippen molar-refractivity contribution in [2.24, 2.45) is 0 Å². The van der Waals surface area contributed by atoms with Crippen LogP contribution >= 0.6 is 0 Å². The topological polar surface area (TPSA) is 43.8 Å². The molecule has 0 bridgehead atoms. The number of imidazole rings is 1. The molecule has 0 aliphatic rings. The summed E-state index contributed by atoms with van der Waals surface area (Å²) in [5.74, 6) is 0. The number of fused-ring (bicyclic) bond motifs is 1. The predicted octanol–water partition coefficient (Wildman–Crippen LogP) is 2.03. The normalized spacial score (nSPS) is 10.8. The van der Waals surface area contributed by atoms with Crippen molar-refractivity contribution in [3.8, 4) is 0 Å². The molecule has 0 aliphatic carbocycles. The first-order chi connectivity index (χ1) is 6.31. The van der Waals surface area contributed by atoms with E-state index in [1.165, 1.54) is 0 Å². The summed E-state index contributed by atoms with van der Waals surface area (Å²) in [6.45, 7) is 3.17. The first-order valence-corrected chi connectivity index (χ1v) is 4.51. The van der Waals surface area contributed by atoms with Crippen molar-refractivity contribution < 1.29 is 0 Å². The number of hydrogen-bond acceptors (Lipinski definition) is 2. The maximum Gasteiger partial charge on any atom is 0.0958 e. The van der Waals surface area contributed by atoms with E-state index in [0.29, 0.717) is 0 Å². The molecule has 2 rings (SSSR count). The van der Waals surface area contributed by atoms with Gasteiger partial charge in [0.25, 0.3) is 0 Å². The summed E-state index contributed by atoms with van der Waals surface area (Å²) in [4.78, 5) is 4.28. The predicted molar refractivity (Wildman–Crippen MR) is 54.4 cm³/mol. The standard InChI is InChI=1S/C10H13N3/c1-2-5-13-7-12-9-6-8(11)3-4-10(9)13/h3-4,6-7H,2,5,11H2,1H3. The number of aryl methyl sites for hydroxylation is 1. The molecular weight excluding hydrogens is 162 g/mol. The lowest BCUT2D eigenvalue weighted by atomic mass is 10.3. The Morgan fingerprint density at radius 3 is 3.08 bits per heavy atom. The third-order valence-electron chi connectivity index (χ3n) is 2.11. The van der Waals surface area contributed by atoms with Gasteiger partial charge in [0.1, 0.15) is 0 Å². The molecule has 2 N–H and O–H groups in total. The van der Waals surface area contributed by atoms with E-state index in [0.717, 1.165) is 29.7 Å². The Labute approximate surface area is 77.2 Å². The van der Waals surface area contributed by atoms with E-state index in [-0.39, 0.29) is 0 Å². The number of hydrogen-bond donors (Lipinski definition) is 1.